The van der Waals surface area contributed by atoms with Crippen molar-refractivity contribution in [1.82, 2.24) is 10.3 Å². The standard InChI is InChI=1S/C12H18N2O2/c1-9(2)13-6-10-4-3-5-12(14-10)16-11-7-15-8-11/h3-5,9,11,13H,6-8H2,1-2H3. The summed E-state index contributed by atoms with van der Waals surface area (Å²) >= 11 is 0. The highest BCUT2D eigenvalue weighted by Crippen LogP contribution is 2.13. The van der Waals surface area contributed by atoms with Crippen molar-refractivity contribution in [3.63, 3.8) is 0 Å². The monoisotopic (exact) mass is 222 g/mol. The summed E-state index contributed by atoms with van der Waals surface area (Å²) in [5.74, 6) is 0.691. The molecule has 1 aliphatic rings. The first-order chi connectivity index (χ1) is 7.74. The lowest BCUT2D eigenvalue weighted by Gasteiger charge is -2.26. The fourth-order valence-corrected chi connectivity index (χ4v) is 1.38. The molecule has 0 spiro atoms. The van der Waals surface area contributed by atoms with Crippen molar-refractivity contribution in [2.45, 2.75) is 32.5 Å². The van der Waals surface area contributed by atoms with Gasteiger partial charge in [0.2, 0.25) is 5.88 Å². The molecule has 4 nitrogen and oxygen atoms in total. The molecule has 0 amide bonds. The van der Waals surface area contributed by atoms with Gasteiger partial charge in [0.15, 0.2) is 0 Å². The Balaban J connectivity index is 1.90. The van der Waals surface area contributed by atoms with Crippen molar-refractivity contribution in [3.8, 4) is 5.88 Å². The number of aromatic nitrogens is 1. The van der Waals surface area contributed by atoms with Crippen LogP contribution in [-0.2, 0) is 11.3 Å². The molecule has 2 heterocycles. The number of ether oxygens (including phenoxy) is 2. The Hall–Kier alpha value is -1.13. The lowest BCUT2D eigenvalue weighted by molar-refractivity contribution is -0.0813. The minimum Gasteiger partial charge on any atom is -0.469 e. The molecule has 1 aromatic rings. The summed E-state index contributed by atoms with van der Waals surface area (Å²) in [6.07, 6.45) is 0.181. The van der Waals surface area contributed by atoms with Crippen molar-refractivity contribution in [2.75, 3.05) is 13.2 Å². The number of rotatable bonds is 5. The second-order valence-electron chi connectivity index (χ2n) is 4.28. The van der Waals surface area contributed by atoms with E-state index in [9.17, 15) is 0 Å². The summed E-state index contributed by atoms with van der Waals surface area (Å²) in [5, 5.41) is 3.33. The molecule has 0 aromatic carbocycles. The van der Waals surface area contributed by atoms with Crippen LogP contribution in [0.2, 0.25) is 0 Å². The maximum Gasteiger partial charge on any atom is 0.213 e. The van der Waals surface area contributed by atoms with Crippen LogP contribution in [0.4, 0.5) is 0 Å². The molecule has 1 saturated heterocycles. The third kappa shape index (κ3) is 3.18. The van der Waals surface area contributed by atoms with Crippen LogP contribution in [0.1, 0.15) is 19.5 Å². The van der Waals surface area contributed by atoms with E-state index in [0.717, 1.165) is 12.2 Å². The molecule has 88 valence electrons. The van der Waals surface area contributed by atoms with Crippen LogP contribution in [0.15, 0.2) is 18.2 Å². The van der Waals surface area contributed by atoms with Crippen LogP contribution < -0.4 is 10.1 Å². The Kier molecular flexibility index (Phi) is 3.74. The first-order valence-electron chi connectivity index (χ1n) is 5.68. The Morgan fingerprint density at radius 3 is 2.94 bits per heavy atom. The summed E-state index contributed by atoms with van der Waals surface area (Å²) in [5.41, 5.74) is 1.01. The minimum atomic E-state index is 0.181. The Morgan fingerprint density at radius 2 is 2.31 bits per heavy atom. The molecule has 2 rings (SSSR count). The van der Waals surface area contributed by atoms with E-state index in [4.69, 9.17) is 9.47 Å². The highest BCUT2D eigenvalue weighted by atomic mass is 16.6. The number of nitrogens with zero attached hydrogens (tertiary/aromatic N) is 1. The van der Waals surface area contributed by atoms with Gasteiger partial charge in [0.05, 0.1) is 18.9 Å². The van der Waals surface area contributed by atoms with Crippen molar-refractivity contribution < 1.29 is 9.47 Å². The van der Waals surface area contributed by atoms with E-state index in [1.54, 1.807) is 0 Å². The van der Waals surface area contributed by atoms with Crippen molar-refractivity contribution in [2.24, 2.45) is 0 Å². The summed E-state index contributed by atoms with van der Waals surface area (Å²) in [6, 6.07) is 6.32. The van der Waals surface area contributed by atoms with E-state index < -0.39 is 0 Å². The van der Waals surface area contributed by atoms with E-state index in [1.807, 2.05) is 18.2 Å². The van der Waals surface area contributed by atoms with Gasteiger partial charge in [-0.15, -0.1) is 0 Å². The number of nitrogens with one attached hydrogen (secondary N) is 1. The van der Waals surface area contributed by atoms with Gasteiger partial charge >= 0.3 is 0 Å². The van der Waals surface area contributed by atoms with Gasteiger partial charge in [-0.1, -0.05) is 19.9 Å². The third-order valence-electron chi connectivity index (χ3n) is 2.37. The van der Waals surface area contributed by atoms with Gasteiger partial charge in [-0.25, -0.2) is 4.98 Å². The maximum absolute atomic E-state index is 5.63. The van der Waals surface area contributed by atoms with Gasteiger partial charge in [0.25, 0.3) is 0 Å². The molecule has 0 unspecified atom stereocenters. The number of hydrogen-bond donors (Lipinski definition) is 1. The van der Waals surface area contributed by atoms with Gasteiger partial charge < -0.3 is 14.8 Å². The highest BCUT2D eigenvalue weighted by Gasteiger charge is 2.20. The lowest BCUT2D eigenvalue weighted by Crippen LogP contribution is -2.38. The zero-order valence-electron chi connectivity index (χ0n) is 9.77. The van der Waals surface area contributed by atoms with Crippen LogP contribution in [0.25, 0.3) is 0 Å². The molecule has 16 heavy (non-hydrogen) atoms. The average Bonchev–Trinajstić information content (AvgIpc) is 2.21. The molecule has 1 N–H and O–H groups in total. The first kappa shape index (κ1) is 11.4. The molecule has 1 aliphatic heterocycles. The Labute approximate surface area is 96.0 Å². The Bertz CT molecular complexity index is 338. The van der Waals surface area contributed by atoms with E-state index in [-0.39, 0.29) is 6.10 Å². The second kappa shape index (κ2) is 5.27. The predicted molar refractivity (Wildman–Crippen MR) is 61.4 cm³/mol. The van der Waals surface area contributed by atoms with Crippen molar-refractivity contribution in [1.29, 1.82) is 0 Å². The summed E-state index contributed by atoms with van der Waals surface area (Å²) in [6.45, 7) is 6.36. The number of pyridine rings is 1. The van der Waals surface area contributed by atoms with Crippen molar-refractivity contribution in [3.05, 3.63) is 23.9 Å². The molecule has 1 aromatic heterocycles. The molecule has 0 aliphatic carbocycles. The average molecular weight is 222 g/mol. The molecule has 0 bridgehead atoms. The van der Waals surface area contributed by atoms with Gasteiger partial charge in [-0.2, -0.15) is 0 Å². The lowest BCUT2D eigenvalue weighted by atomic mass is 10.3. The van der Waals surface area contributed by atoms with Gasteiger partial charge in [0, 0.05) is 18.7 Å². The van der Waals surface area contributed by atoms with Crippen LogP contribution in [0.3, 0.4) is 0 Å². The third-order valence-corrected chi connectivity index (χ3v) is 2.37. The summed E-state index contributed by atoms with van der Waals surface area (Å²) in [7, 11) is 0. The molecule has 0 radical (unpaired) electrons. The van der Waals surface area contributed by atoms with Crippen LogP contribution in [0, 0.1) is 0 Å². The van der Waals surface area contributed by atoms with E-state index >= 15 is 0 Å². The Morgan fingerprint density at radius 1 is 1.50 bits per heavy atom. The number of hydrogen-bond acceptors (Lipinski definition) is 4. The smallest absolute Gasteiger partial charge is 0.213 e. The van der Waals surface area contributed by atoms with Crippen molar-refractivity contribution >= 4 is 0 Å². The quantitative estimate of drug-likeness (QED) is 0.817. The van der Waals surface area contributed by atoms with Gasteiger partial charge in [-0.05, 0) is 6.07 Å². The second-order valence-corrected chi connectivity index (χ2v) is 4.28. The van der Waals surface area contributed by atoms with Crippen LogP contribution in [-0.4, -0.2) is 30.3 Å². The van der Waals surface area contributed by atoms with Gasteiger partial charge in [0.1, 0.15) is 6.10 Å². The maximum atomic E-state index is 5.63. The largest absolute Gasteiger partial charge is 0.469 e. The molecule has 0 atom stereocenters. The normalized spacial score (nSPS) is 16.2. The molecular formula is C12H18N2O2. The fraction of sp³-hybridized carbons (Fsp3) is 0.583. The summed E-state index contributed by atoms with van der Waals surface area (Å²) in [4.78, 5) is 4.43. The fourth-order valence-electron chi connectivity index (χ4n) is 1.38. The van der Waals surface area contributed by atoms with E-state index in [2.05, 4.69) is 24.1 Å². The predicted octanol–water partition coefficient (Wildman–Crippen LogP) is 1.36. The minimum absolute atomic E-state index is 0.181. The molecule has 1 fully saturated rings. The zero-order valence-corrected chi connectivity index (χ0v) is 9.77. The molecular weight excluding hydrogens is 204 g/mol. The van der Waals surface area contributed by atoms with Gasteiger partial charge in [-0.3, -0.25) is 0 Å². The SMILES string of the molecule is CC(C)NCc1cccc(OC2COC2)n1. The van der Waals surface area contributed by atoms with E-state index in [0.29, 0.717) is 25.1 Å². The topological polar surface area (TPSA) is 43.4 Å². The highest BCUT2D eigenvalue weighted by molar-refractivity contribution is 5.16. The first-order valence-corrected chi connectivity index (χ1v) is 5.68. The van der Waals surface area contributed by atoms with Crippen LogP contribution >= 0.6 is 0 Å². The zero-order chi connectivity index (χ0) is 11.4. The van der Waals surface area contributed by atoms with Crippen LogP contribution in [0.5, 0.6) is 5.88 Å². The summed E-state index contributed by atoms with van der Waals surface area (Å²) < 4.78 is 10.7. The molecule has 4 heteroatoms. The molecule has 0 saturated carbocycles. The van der Waals surface area contributed by atoms with E-state index in [1.165, 1.54) is 0 Å².